The molecule has 2 aromatic carbocycles. The van der Waals surface area contributed by atoms with Gasteiger partial charge in [0, 0.05) is 43.3 Å². The number of aromatic nitrogens is 2. The van der Waals surface area contributed by atoms with Gasteiger partial charge in [-0.2, -0.15) is 0 Å². The number of nitrogens with zero attached hydrogens (tertiary/aromatic N) is 4. The highest BCUT2D eigenvalue weighted by atomic mass is 32.1. The first-order valence-corrected chi connectivity index (χ1v) is 11.3. The molecule has 0 amide bonds. The summed E-state index contributed by atoms with van der Waals surface area (Å²) in [6, 6.07) is 11.7. The van der Waals surface area contributed by atoms with Crippen LogP contribution in [0.25, 0.3) is 10.9 Å². The summed E-state index contributed by atoms with van der Waals surface area (Å²) in [7, 11) is 3.25. The van der Waals surface area contributed by atoms with Crippen LogP contribution in [0.3, 0.4) is 0 Å². The lowest BCUT2D eigenvalue weighted by Gasteiger charge is -2.37. The van der Waals surface area contributed by atoms with Crippen LogP contribution in [-0.4, -0.2) is 66.5 Å². The van der Waals surface area contributed by atoms with Gasteiger partial charge in [-0.1, -0.05) is 0 Å². The van der Waals surface area contributed by atoms with Gasteiger partial charge in [0.05, 0.1) is 25.8 Å². The van der Waals surface area contributed by atoms with Gasteiger partial charge in [0.2, 0.25) is 0 Å². The predicted octanol–water partition coefficient (Wildman–Crippen LogP) is 3.95. The molecule has 1 aromatic heterocycles. The molecule has 0 aliphatic carbocycles. The molecule has 0 saturated carbocycles. The predicted molar refractivity (Wildman–Crippen MR) is 135 cm³/mol. The number of nitrogens with one attached hydrogen (secondary N) is 1. The van der Waals surface area contributed by atoms with E-state index in [2.05, 4.69) is 25.1 Å². The molecule has 0 bridgehead atoms. The van der Waals surface area contributed by atoms with Gasteiger partial charge in [0.15, 0.2) is 16.6 Å². The molecular formula is C24H29N5O3S. The van der Waals surface area contributed by atoms with Crippen LogP contribution in [0.5, 0.6) is 17.2 Å². The number of benzene rings is 2. The van der Waals surface area contributed by atoms with Crippen molar-refractivity contribution in [3.63, 3.8) is 0 Å². The van der Waals surface area contributed by atoms with Gasteiger partial charge in [-0.15, -0.1) is 0 Å². The Bertz CT molecular complexity index is 1120. The van der Waals surface area contributed by atoms with Gasteiger partial charge in [-0.05, 0) is 56.4 Å². The standard InChI is InChI=1S/C24H29N5O3S/c1-16(2)32-18-7-5-17(6-8-18)27-24(33)29-11-9-28(10-12-29)23-19-13-21(30-3)22(31-4)14-20(19)25-15-26-23/h5-8,13-16H,9-12H2,1-4H3,(H,27,33). The van der Waals surface area contributed by atoms with Gasteiger partial charge in [-0.3, -0.25) is 0 Å². The third kappa shape index (κ3) is 5.19. The molecule has 1 N–H and O–H groups in total. The topological polar surface area (TPSA) is 72.0 Å². The van der Waals surface area contributed by atoms with Crippen LogP contribution in [0.4, 0.5) is 11.5 Å². The Kier molecular flexibility index (Phi) is 6.98. The van der Waals surface area contributed by atoms with Crippen molar-refractivity contribution >= 4 is 39.7 Å². The number of hydrogen-bond donors (Lipinski definition) is 1. The maximum absolute atomic E-state index is 5.70. The Labute approximate surface area is 199 Å². The molecule has 0 radical (unpaired) electrons. The van der Waals surface area contributed by atoms with E-state index < -0.39 is 0 Å². The summed E-state index contributed by atoms with van der Waals surface area (Å²) in [5.41, 5.74) is 1.77. The first-order valence-electron chi connectivity index (χ1n) is 10.9. The molecule has 0 atom stereocenters. The molecule has 4 rings (SSSR count). The van der Waals surface area contributed by atoms with E-state index in [-0.39, 0.29) is 6.10 Å². The minimum atomic E-state index is 0.149. The summed E-state index contributed by atoms with van der Waals surface area (Å²) >= 11 is 5.66. The van der Waals surface area contributed by atoms with Crippen molar-refractivity contribution in [3.05, 3.63) is 42.7 Å². The van der Waals surface area contributed by atoms with Crippen LogP contribution in [0.2, 0.25) is 0 Å². The van der Waals surface area contributed by atoms with Gasteiger partial charge in [0.1, 0.15) is 17.9 Å². The van der Waals surface area contributed by atoms with Crippen molar-refractivity contribution in [2.75, 3.05) is 50.6 Å². The van der Waals surface area contributed by atoms with E-state index >= 15 is 0 Å². The van der Waals surface area contributed by atoms with Crippen molar-refractivity contribution in [1.82, 2.24) is 14.9 Å². The Morgan fingerprint density at radius 1 is 0.970 bits per heavy atom. The lowest BCUT2D eigenvalue weighted by molar-refractivity contribution is 0.242. The van der Waals surface area contributed by atoms with E-state index in [1.165, 1.54) is 0 Å². The fourth-order valence-electron chi connectivity index (χ4n) is 3.83. The molecule has 3 aromatic rings. The van der Waals surface area contributed by atoms with Gasteiger partial charge < -0.3 is 29.3 Å². The second-order valence-corrected chi connectivity index (χ2v) is 8.40. The number of anilines is 2. The van der Waals surface area contributed by atoms with Gasteiger partial charge in [-0.25, -0.2) is 9.97 Å². The molecule has 1 saturated heterocycles. The van der Waals surface area contributed by atoms with Crippen LogP contribution >= 0.6 is 12.2 Å². The van der Waals surface area contributed by atoms with Crippen molar-refractivity contribution < 1.29 is 14.2 Å². The van der Waals surface area contributed by atoms with E-state index in [1.807, 2.05) is 50.2 Å². The number of fused-ring (bicyclic) bond motifs is 1. The SMILES string of the molecule is COc1cc2ncnc(N3CCN(C(=S)Nc4ccc(OC(C)C)cc4)CC3)c2cc1OC. The maximum Gasteiger partial charge on any atom is 0.173 e. The molecular weight excluding hydrogens is 438 g/mol. The number of rotatable bonds is 6. The van der Waals surface area contributed by atoms with Crippen molar-refractivity contribution in [1.29, 1.82) is 0 Å². The fraction of sp³-hybridized carbons (Fsp3) is 0.375. The average molecular weight is 468 g/mol. The van der Waals surface area contributed by atoms with Crippen LogP contribution in [-0.2, 0) is 0 Å². The summed E-state index contributed by atoms with van der Waals surface area (Å²) in [5, 5.41) is 4.98. The smallest absolute Gasteiger partial charge is 0.173 e. The maximum atomic E-state index is 5.70. The minimum absolute atomic E-state index is 0.149. The summed E-state index contributed by atoms with van der Waals surface area (Å²) in [4.78, 5) is 13.4. The van der Waals surface area contributed by atoms with Crippen molar-refractivity contribution in [2.45, 2.75) is 20.0 Å². The second kappa shape index (κ2) is 10.1. The summed E-state index contributed by atoms with van der Waals surface area (Å²) in [5.74, 6) is 3.05. The van der Waals surface area contributed by atoms with Crippen molar-refractivity contribution in [2.24, 2.45) is 0 Å². The fourth-order valence-corrected chi connectivity index (χ4v) is 4.13. The Balaban J connectivity index is 1.41. The van der Waals surface area contributed by atoms with E-state index in [0.29, 0.717) is 16.6 Å². The zero-order chi connectivity index (χ0) is 23.4. The monoisotopic (exact) mass is 467 g/mol. The summed E-state index contributed by atoms with van der Waals surface area (Å²) in [6.07, 6.45) is 1.74. The molecule has 174 valence electrons. The van der Waals surface area contributed by atoms with Crippen LogP contribution < -0.4 is 24.4 Å². The second-order valence-electron chi connectivity index (χ2n) is 8.02. The first-order chi connectivity index (χ1) is 16.0. The number of piperazine rings is 1. The quantitative estimate of drug-likeness (QED) is 0.543. The summed E-state index contributed by atoms with van der Waals surface area (Å²) in [6.45, 7) is 7.20. The highest BCUT2D eigenvalue weighted by Gasteiger charge is 2.22. The van der Waals surface area contributed by atoms with Crippen molar-refractivity contribution in [3.8, 4) is 17.2 Å². The minimum Gasteiger partial charge on any atom is -0.493 e. The molecule has 0 unspecified atom stereocenters. The molecule has 1 aliphatic rings. The first kappa shape index (κ1) is 22.8. The Morgan fingerprint density at radius 3 is 2.27 bits per heavy atom. The zero-order valence-electron chi connectivity index (χ0n) is 19.4. The van der Waals surface area contributed by atoms with E-state index in [0.717, 1.165) is 54.3 Å². The molecule has 9 heteroatoms. The van der Waals surface area contributed by atoms with Crippen LogP contribution in [0.15, 0.2) is 42.7 Å². The third-order valence-corrected chi connectivity index (χ3v) is 5.82. The molecule has 33 heavy (non-hydrogen) atoms. The lowest BCUT2D eigenvalue weighted by atomic mass is 10.2. The number of thiocarbonyl (C=S) groups is 1. The van der Waals surface area contributed by atoms with Crippen LogP contribution in [0.1, 0.15) is 13.8 Å². The third-order valence-electron chi connectivity index (χ3n) is 5.46. The summed E-state index contributed by atoms with van der Waals surface area (Å²) < 4.78 is 16.6. The van der Waals surface area contributed by atoms with Crippen LogP contribution in [0, 0.1) is 0 Å². The number of hydrogen-bond acceptors (Lipinski definition) is 7. The Hall–Kier alpha value is -3.33. The molecule has 2 heterocycles. The molecule has 1 aliphatic heterocycles. The van der Waals surface area contributed by atoms with Gasteiger partial charge >= 0.3 is 0 Å². The number of methoxy groups -OCH3 is 2. The van der Waals surface area contributed by atoms with Gasteiger partial charge in [0.25, 0.3) is 0 Å². The highest BCUT2D eigenvalue weighted by molar-refractivity contribution is 7.80. The zero-order valence-corrected chi connectivity index (χ0v) is 20.2. The van der Waals surface area contributed by atoms with E-state index in [4.69, 9.17) is 26.4 Å². The normalized spacial score (nSPS) is 13.8. The number of ether oxygens (including phenoxy) is 3. The molecule has 8 nitrogen and oxygen atoms in total. The molecule has 0 spiro atoms. The largest absolute Gasteiger partial charge is 0.493 e. The average Bonchev–Trinajstić information content (AvgIpc) is 2.83. The van der Waals surface area contributed by atoms with E-state index in [9.17, 15) is 0 Å². The molecule has 1 fully saturated rings. The lowest BCUT2D eigenvalue weighted by Crippen LogP contribution is -2.50. The van der Waals surface area contributed by atoms with E-state index in [1.54, 1.807) is 20.5 Å². The Morgan fingerprint density at radius 2 is 1.64 bits per heavy atom. The highest BCUT2D eigenvalue weighted by Crippen LogP contribution is 2.35.